The molecule has 1 amide bonds. The highest BCUT2D eigenvalue weighted by Crippen LogP contribution is 2.31. The van der Waals surface area contributed by atoms with Gasteiger partial charge in [0.1, 0.15) is 11.5 Å². The number of nitrogens with one attached hydrogen (secondary N) is 1. The van der Waals surface area contributed by atoms with Crippen molar-refractivity contribution in [3.63, 3.8) is 0 Å². The van der Waals surface area contributed by atoms with Gasteiger partial charge in [-0.3, -0.25) is 4.79 Å². The third-order valence-corrected chi connectivity index (χ3v) is 5.38. The Balaban J connectivity index is 2.09. The van der Waals surface area contributed by atoms with Crippen LogP contribution in [0.5, 0.6) is 11.5 Å². The number of carbonyl (C=O) groups is 1. The van der Waals surface area contributed by atoms with Gasteiger partial charge in [0.25, 0.3) is 5.91 Å². The molecular formula is C17H15BrI2N2O3. The Hall–Kier alpha value is -0.880. The lowest BCUT2D eigenvalue weighted by Crippen LogP contribution is -2.17. The van der Waals surface area contributed by atoms with E-state index in [-0.39, 0.29) is 5.91 Å². The van der Waals surface area contributed by atoms with Crippen LogP contribution in [0.25, 0.3) is 0 Å². The van der Waals surface area contributed by atoms with E-state index in [1.807, 2.05) is 25.1 Å². The maximum Gasteiger partial charge on any atom is 0.271 e. The molecule has 0 saturated heterocycles. The highest BCUT2D eigenvalue weighted by Gasteiger charge is 2.09. The zero-order valence-corrected chi connectivity index (χ0v) is 19.4. The van der Waals surface area contributed by atoms with Gasteiger partial charge in [-0.15, -0.1) is 0 Å². The molecule has 0 atom stereocenters. The van der Waals surface area contributed by atoms with E-state index < -0.39 is 0 Å². The fraction of sp³-hybridized carbons (Fsp3) is 0.176. The smallest absolute Gasteiger partial charge is 0.271 e. The van der Waals surface area contributed by atoms with Crippen molar-refractivity contribution < 1.29 is 14.3 Å². The lowest BCUT2D eigenvalue weighted by atomic mass is 10.2. The van der Waals surface area contributed by atoms with Crippen LogP contribution in [-0.2, 0) is 0 Å². The molecule has 2 aromatic rings. The highest BCUT2D eigenvalue weighted by molar-refractivity contribution is 14.1. The van der Waals surface area contributed by atoms with Crippen molar-refractivity contribution in [2.24, 2.45) is 5.10 Å². The monoisotopic (exact) mass is 628 g/mol. The predicted molar refractivity (Wildman–Crippen MR) is 119 cm³/mol. The van der Waals surface area contributed by atoms with Gasteiger partial charge in [0.15, 0.2) is 0 Å². The Morgan fingerprint density at radius 3 is 2.68 bits per heavy atom. The largest absolute Gasteiger partial charge is 0.496 e. The first kappa shape index (κ1) is 20.4. The standard InChI is InChI=1S/C17H15BrI2N2O3/c1-3-25-16-12(18)6-10(7-14(16)20)9-21-22-17(23)11-4-5-13(19)15(8-11)24-2/h4-9H,3H2,1-2H3,(H,22,23)/b21-9-. The van der Waals surface area contributed by atoms with Crippen molar-refractivity contribution in [1.82, 2.24) is 5.43 Å². The molecule has 0 aliphatic heterocycles. The summed E-state index contributed by atoms with van der Waals surface area (Å²) in [6.45, 7) is 2.53. The SMILES string of the molecule is CCOc1c(Br)cc(/C=N\NC(=O)c2ccc(I)c(OC)c2)cc1I. The van der Waals surface area contributed by atoms with Crippen molar-refractivity contribution in [2.75, 3.05) is 13.7 Å². The van der Waals surface area contributed by atoms with Gasteiger partial charge >= 0.3 is 0 Å². The number of rotatable bonds is 6. The maximum absolute atomic E-state index is 12.2. The lowest BCUT2D eigenvalue weighted by molar-refractivity contribution is 0.0954. The molecule has 2 rings (SSSR count). The van der Waals surface area contributed by atoms with Crippen LogP contribution in [0.15, 0.2) is 39.9 Å². The van der Waals surface area contributed by atoms with Gasteiger partial charge in [0.2, 0.25) is 0 Å². The van der Waals surface area contributed by atoms with Gasteiger partial charge in [-0.05, 0) is 104 Å². The Morgan fingerprint density at radius 1 is 1.28 bits per heavy atom. The fourth-order valence-electron chi connectivity index (χ4n) is 1.97. The number of benzene rings is 2. The van der Waals surface area contributed by atoms with Crippen molar-refractivity contribution in [1.29, 1.82) is 0 Å². The van der Waals surface area contributed by atoms with Crippen LogP contribution < -0.4 is 14.9 Å². The summed E-state index contributed by atoms with van der Waals surface area (Å²) in [4.78, 5) is 12.2. The molecule has 0 aliphatic carbocycles. The minimum Gasteiger partial charge on any atom is -0.496 e. The van der Waals surface area contributed by atoms with Crippen LogP contribution in [0.3, 0.4) is 0 Å². The lowest BCUT2D eigenvalue weighted by Gasteiger charge is -2.09. The Morgan fingerprint density at radius 2 is 2.04 bits per heavy atom. The van der Waals surface area contributed by atoms with E-state index in [1.54, 1.807) is 25.5 Å². The number of hydrogen-bond acceptors (Lipinski definition) is 4. The van der Waals surface area contributed by atoms with E-state index >= 15 is 0 Å². The van der Waals surface area contributed by atoms with Gasteiger partial charge in [-0.2, -0.15) is 5.10 Å². The quantitative estimate of drug-likeness (QED) is 0.283. The minimum absolute atomic E-state index is 0.300. The zero-order valence-electron chi connectivity index (χ0n) is 13.5. The number of hydrazone groups is 1. The summed E-state index contributed by atoms with van der Waals surface area (Å²) in [7, 11) is 1.57. The van der Waals surface area contributed by atoms with Crippen molar-refractivity contribution in [3.05, 3.63) is 53.1 Å². The van der Waals surface area contributed by atoms with Gasteiger partial charge in [-0.1, -0.05) is 0 Å². The highest BCUT2D eigenvalue weighted by atomic mass is 127. The van der Waals surface area contributed by atoms with Crippen molar-refractivity contribution in [2.45, 2.75) is 6.92 Å². The predicted octanol–water partition coefficient (Wildman–Crippen LogP) is 4.83. The molecule has 5 nitrogen and oxygen atoms in total. The van der Waals surface area contributed by atoms with Crippen LogP contribution in [-0.4, -0.2) is 25.8 Å². The molecule has 0 heterocycles. The van der Waals surface area contributed by atoms with E-state index in [4.69, 9.17) is 9.47 Å². The normalized spacial score (nSPS) is 10.8. The molecule has 0 aromatic heterocycles. The van der Waals surface area contributed by atoms with E-state index in [2.05, 4.69) is 71.6 Å². The molecule has 8 heteroatoms. The molecule has 132 valence electrons. The summed E-state index contributed by atoms with van der Waals surface area (Å²) in [6.07, 6.45) is 1.59. The molecule has 25 heavy (non-hydrogen) atoms. The van der Waals surface area contributed by atoms with Crippen LogP contribution in [0.2, 0.25) is 0 Å². The van der Waals surface area contributed by atoms with Crippen LogP contribution in [0.1, 0.15) is 22.8 Å². The second kappa shape index (κ2) is 9.72. The van der Waals surface area contributed by atoms with E-state index in [1.165, 1.54) is 0 Å². The molecule has 1 N–H and O–H groups in total. The molecule has 0 saturated carbocycles. The zero-order chi connectivity index (χ0) is 18.4. The van der Waals surface area contributed by atoms with E-state index in [0.29, 0.717) is 17.9 Å². The summed E-state index contributed by atoms with van der Waals surface area (Å²) in [5.74, 6) is 1.16. The molecule has 0 aliphatic rings. The number of nitrogens with zero attached hydrogens (tertiary/aromatic N) is 1. The first-order chi connectivity index (χ1) is 12.0. The first-order valence-corrected chi connectivity index (χ1v) is 10.2. The maximum atomic E-state index is 12.2. The number of hydrogen-bond donors (Lipinski definition) is 1. The summed E-state index contributed by atoms with van der Waals surface area (Å²) in [5, 5.41) is 4.02. The number of amides is 1. The van der Waals surface area contributed by atoms with E-state index in [0.717, 1.165) is 22.9 Å². The summed E-state index contributed by atoms with van der Waals surface area (Å²) >= 11 is 7.84. The topological polar surface area (TPSA) is 59.9 Å². The summed E-state index contributed by atoms with van der Waals surface area (Å²) in [5.41, 5.74) is 3.85. The van der Waals surface area contributed by atoms with Gasteiger partial charge in [-0.25, -0.2) is 5.43 Å². The van der Waals surface area contributed by atoms with Gasteiger partial charge < -0.3 is 9.47 Å². The number of ether oxygens (including phenoxy) is 2. The third kappa shape index (κ3) is 5.55. The van der Waals surface area contributed by atoms with E-state index in [9.17, 15) is 4.79 Å². The minimum atomic E-state index is -0.300. The van der Waals surface area contributed by atoms with Crippen molar-refractivity contribution in [3.8, 4) is 11.5 Å². The summed E-state index contributed by atoms with van der Waals surface area (Å²) in [6, 6.07) is 9.05. The third-order valence-electron chi connectivity index (χ3n) is 3.10. The number of halogens is 3. The molecule has 0 spiro atoms. The molecule has 0 radical (unpaired) electrons. The van der Waals surface area contributed by atoms with Gasteiger partial charge in [0, 0.05) is 5.56 Å². The van der Waals surface area contributed by atoms with Gasteiger partial charge in [0.05, 0.1) is 31.5 Å². The Kier molecular flexibility index (Phi) is 7.94. The van der Waals surface area contributed by atoms with Crippen LogP contribution in [0.4, 0.5) is 0 Å². The fourth-order valence-corrected chi connectivity index (χ4v) is 4.29. The van der Waals surface area contributed by atoms with Crippen LogP contribution in [0, 0.1) is 7.14 Å². The second-order valence-electron chi connectivity index (χ2n) is 4.80. The Bertz CT molecular complexity index is 789. The molecule has 0 fully saturated rings. The summed E-state index contributed by atoms with van der Waals surface area (Å²) < 4.78 is 13.5. The average Bonchev–Trinajstić information content (AvgIpc) is 2.58. The molecule has 0 unspecified atom stereocenters. The number of methoxy groups -OCH3 is 1. The van der Waals surface area contributed by atoms with Crippen molar-refractivity contribution >= 4 is 73.2 Å². The Labute approximate surface area is 182 Å². The molecule has 0 bridgehead atoms. The average molecular weight is 629 g/mol. The first-order valence-electron chi connectivity index (χ1n) is 7.25. The number of carbonyl (C=O) groups excluding carboxylic acids is 1. The second-order valence-corrected chi connectivity index (χ2v) is 7.97. The molecule has 2 aromatic carbocycles. The molecular weight excluding hydrogens is 614 g/mol. The van der Waals surface area contributed by atoms with Crippen LogP contribution >= 0.6 is 61.1 Å².